The summed E-state index contributed by atoms with van der Waals surface area (Å²) in [5, 5.41) is 6.44. The molecule has 1 heterocycles. The molecule has 2 rings (SSSR count). The van der Waals surface area contributed by atoms with Gasteiger partial charge in [0.1, 0.15) is 11.6 Å². The summed E-state index contributed by atoms with van der Waals surface area (Å²) in [5.41, 5.74) is 0.993. The molecule has 0 bridgehead atoms. The third-order valence-electron chi connectivity index (χ3n) is 3.34. The number of benzene rings is 1. The van der Waals surface area contributed by atoms with Gasteiger partial charge in [0.2, 0.25) is 5.88 Å². The fourth-order valence-electron chi connectivity index (χ4n) is 2.07. The number of nitrogens with one attached hydrogen (secondary N) is 2. The van der Waals surface area contributed by atoms with Crippen molar-refractivity contribution in [2.45, 2.75) is 13.0 Å². The molecule has 0 saturated heterocycles. The standard InChI is InChI=1S/C18H23FN4O2.HI/c1-20-18(22-9-3-11-24-2)23-13-14-8-10-21-17(12-14)25-16-6-4-15(19)5-7-16;/h4-8,10,12H,3,9,11,13H2,1-2H3,(H2,20,22,23);1H. The van der Waals surface area contributed by atoms with Crippen molar-refractivity contribution in [2.75, 3.05) is 27.3 Å². The molecule has 1 aromatic heterocycles. The molecular weight excluding hydrogens is 450 g/mol. The summed E-state index contributed by atoms with van der Waals surface area (Å²) in [4.78, 5) is 8.34. The predicted molar refractivity (Wildman–Crippen MR) is 111 cm³/mol. The van der Waals surface area contributed by atoms with Crippen LogP contribution in [0.2, 0.25) is 0 Å². The number of methoxy groups -OCH3 is 1. The van der Waals surface area contributed by atoms with Crippen LogP contribution in [0.4, 0.5) is 4.39 Å². The number of ether oxygens (including phenoxy) is 2. The van der Waals surface area contributed by atoms with Crippen molar-refractivity contribution in [1.29, 1.82) is 0 Å². The molecule has 142 valence electrons. The van der Waals surface area contributed by atoms with E-state index in [1.54, 1.807) is 32.5 Å². The highest BCUT2D eigenvalue weighted by Gasteiger charge is 2.03. The molecule has 2 N–H and O–H groups in total. The summed E-state index contributed by atoms with van der Waals surface area (Å²) in [7, 11) is 3.41. The van der Waals surface area contributed by atoms with E-state index in [1.165, 1.54) is 12.1 Å². The zero-order valence-corrected chi connectivity index (χ0v) is 17.2. The van der Waals surface area contributed by atoms with Crippen LogP contribution in [0.1, 0.15) is 12.0 Å². The van der Waals surface area contributed by atoms with Gasteiger partial charge in [-0.2, -0.15) is 0 Å². The number of halogens is 2. The lowest BCUT2D eigenvalue weighted by atomic mass is 10.2. The van der Waals surface area contributed by atoms with Crippen LogP contribution in [0.15, 0.2) is 47.6 Å². The van der Waals surface area contributed by atoms with Gasteiger partial charge in [-0.1, -0.05) is 0 Å². The summed E-state index contributed by atoms with van der Waals surface area (Å²) in [5.74, 6) is 1.40. The van der Waals surface area contributed by atoms with Crippen LogP contribution < -0.4 is 15.4 Å². The molecule has 0 amide bonds. The molecule has 0 aliphatic rings. The maximum Gasteiger partial charge on any atom is 0.219 e. The molecule has 8 heteroatoms. The van der Waals surface area contributed by atoms with Crippen molar-refractivity contribution in [3.05, 3.63) is 54.0 Å². The van der Waals surface area contributed by atoms with E-state index in [2.05, 4.69) is 20.6 Å². The fraction of sp³-hybridized carbons (Fsp3) is 0.333. The number of hydrogen-bond acceptors (Lipinski definition) is 4. The largest absolute Gasteiger partial charge is 0.439 e. The van der Waals surface area contributed by atoms with Gasteiger partial charge < -0.3 is 20.1 Å². The Kier molecular flexibility index (Phi) is 10.6. The average Bonchev–Trinajstić information content (AvgIpc) is 2.63. The minimum absolute atomic E-state index is 0. The van der Waals surface area contributed by atoms with Crippen LogP contribution in [0, 0.1) is 5.82 Å². The summed E-state index contributed by atoms with van der Waals surface area (Å²) >= 11 is 0. The van der Waals surface area contributed by atoms with Gasteiger partial charge in [0.25, 0.3) is 0 Å². The molecule has 0 fully saturated rings. The van der Waals surface area contributed by atoms with Crippen LogP contribution in [-0.2, 0) is 11.3 Å². The highest BCUT2D eigenvalue weighted by Crippen LogP contribution is 2.20. The lowest BCUT2D eigenvalue weighted by molar-refractivity contribution is 0.195. The molecule has 0 aliphatic heterocycles. The molecular formula is C18H24FIN4O2. The van der Waals surface area contributed by atoms with Crippen molar-refractivity contribution in [3.63, 3.8) is 0 Å². The van der Waals surface area contributed by atoms with Crippen molar-refractivity contribution >= 4 is 29.9 Å². The molecule has 2 aromatic rings. The van der Waals surface area contributed by atoms with Crippen LogP contribution in [0.25, 0.3) is 0 Å². The molecule has 6 nitrogen and oxygen atoms in total. The summed E-state index contributed by atoms with van der Waals surface area (Å²) in [6.45, 7) is 2.06. The topological polar surface area (TPSA) is 67.8 Å². The van der Waals surface area contributed by atoms with Crippen molar-refractivity contribution in [3.8, 4) is 11.6 Å². The normalized spacial score (nSPS) is 10.8. The van der Waals surface area contributed by atoms with Gasteiger partial charge in [-0.15, -0.1) is 24.0 Å². The van der Waals surface area contributed by atoms with Gasteiger partial charge in [0, 0.05) is 46.1 Å². The van der Waals surface area contributed by atoms with E-state index in [0.29, 0.717) is 30.7 Å². The molecule has 0 radical (unpaired) electrons. The van der Waals surface area contributed by atoms with E-state index in [1.807, 2.05) is 12.1 Å². The summed E-state index contributed by atoms with van der Waals surface area (Å²) < 4.78 is 23.6. The zero-order chi connectivity index (χ0) is 17.9. The number of guanidine groups is 1. The van der Waals surface area contributed by atoms with Crippen molar-refractivity contribution in [1.82, 2.24) is 15.6 Å². The number of aliphatic imine (C=N–C) groups is 1. The highest BCUT2D eigenvalue weighted by molar-refractivity contribution is 14.0. The summed E-state index contributed by atoms with van der Waals surface area (Å²) in [6, 6.07) is 9.54. The molecule has 0 saturated carbocycles. The van der Waals surface area contributed by atoms with E-state index < -0.39 is 0 Å². The lowest BCUT2D eigenvalue weighted by Crippen LogP contribution is -2.37. The Balaban J connectivity index is 0.00000338. The number of rotatable bonds is 8. The number of nitrogens with zero attached hydrogens (tertiary/aromatic N) is 2. The average molecular weight is 474 g/mol. The molecule has 0 aliphatic carbocycles. The third kappa shape index (κ3) is 7.96. The number of pyridine rings is 1. The van der Waals surface area contributed by atoms with E-state index in [-0.39, 0.29) is 29.8 Å². The van der Waals surface area contributed by atoms with Crippen LogP contribution in [0.3, 0.4) is 0 Å². The second-order valence-corrected chi connectivity index (χ2v) is 5.26. The first kappa shape index (κ1) is 22.1. The third-order valence-corrected chi connectivity index (χ3v) is 3.34. The van der Waals surface area contributed by atoms with Gasteiger partial charge >= 0.3 is 0 Å². The second kappa shape index (κ2) is 12.4. The molecule has 1 aromatic carbocycles. The van der Waals surface area contributed by atoms with Crippen LogP contribution >= 0.6 is 24.0 Å². The van der Waals surface area contributed by atoms with Gasteiger partial charge in [0.05, 0.1) is 0 Å². The van der Waals surface area contributed by atoms with E-state index in [9.17, 15) is 4.39 Å². The minimum Gasteiger partial charge on any atom is -0.439 e. The number of hydrogen-bond donors (Lipinski definition) is 2. The predicted octanol–water partition coefficient (Wildman–Crippen LogP) is 3.33. The monoisotopic (exact) mass is 474 g/mol. The van der Waals surface area contributed by atoms with Gasteiger partial charge in [-0.25, -0.2) is 9.37 Å². The Bertz CT molecular complexity index is 683. The highest BCUT2D eigenvalue weighted by atomic mass is 127. The van der Waals surface area contributed by atoms with Crippen molar-refractivity contribution < 1.29 is 13.9 Å². The van der Waals surface area contributed by atoms with Crippen molar-refractivity contribution in [2.24, 2.45) is 4.99 Å². The van der Waals surface area contributed by atoms with Gasteiger partial charge in [-0.05, 0) is 42.3 Å². The summed E-state index contributed by atoms with van der Waals surface area (Å²) in [6.07, 6.45) is 2.58. The fourth-order valence-corrected chi connectivity index (χ4v) is 2.07. The van der Waals surface area contributed by atoms with E-state index in [0.717, 1.165) is 18.5 Å². The van der Waals surface area contributed by atoms with Crippen LogP contribution in [-0.4, -0.2) is 38.3 Å². The van der Waals surface area contributed by atoms with E-state index in [4.69, 9.17) is 9.47 Å². The quantitative estimate of drug-likeness (QED) is 0.266. The SMILES string of the molecule is CN=C(NCCCOC)NCc1ccnc(Oc2ccc(F)cc2)c1.I. The maximum absolute atomic E-state index is 12.9. The first-order chi connectivity index (χ1) is 12.2. The Hall–Kier alpha value is -1.94. The number of aromatic nitrogens is 1. The first-order valence-corrected chi connectivity index (χ1v) is 8.03. The van der Waals surface area contributed by atoms with Gasteiger partial charge in [0.15, 0.2) is 5.96 Å². The first-order valence-electron chi connectivity index (χ1n) is 8.03. The Labute approximate surface area is 170 Å². The van der Waals surface area contributed by atoms with Crippen LogP contribution in [0.5, 0.6) is 11.6 Å². The van der Waals surface area contributed by atoms with Gasteiger partial charge in [-0.3, -0.25) is 4.99 Å². The smallest absolute Gasteiger partial charge is 0.219 e. The lowest BCUT2D eigenvalue weighted by Gasteiger charge is -2.12. The maximum atomic E-state index is 12.9. The minimum atomic E-state index is -0.303. The molecule has 0 spiro atoms. The van der Waals surface area contributed by atoms with E-state index >= 15 is 0 Å². The molecule has 26 heavy (non-hydrogen) atoms. The zero-order valence-electron chi connectivity index (χ0n) is 14.9. The molecule has 0 atom stereocenters. The Morgan fingerprint density at radius 1 is 1.19 bits per heavy atom. The Morgan fingerprint density at radius 2 is 1.96 bits per heavy atom. The Morgan fingerprint density at radius 3 is 2.65 bits per heavy atom. The second-order valence-electron chi connectivity index (χ2n) is 5.26. The molecule has 0 unspecified atom stereocenters.